The molecule has 4 fully saturated rings. The Morgan fingerprint density at radius 3 is 2.14 bits per heavy atom. The monoisotopic (exact) mass is 381 g/mol. The van der Waals surface area contributed by atoms with E-state index >= 15 is 0 Å². The number of fused-ring (bicyclic) bond motifs is 4. The number of hydrogen-bond acceptors (Lipinski definition) is 3. The molecule has 4 bridgehead atoms. The normalized spacial score (nSPS) is 38.6. The molecule has 3 N–H and O–H groups in total. The summed E-state index contributed by atoms with van der Waals surface area (Å²) in [5.74, 6) is 2.87. The van der Waals surface area contributed by atoms with E-state index in [1.807, 2.05) is 12.1 Å². The first-order valence-corrected chi connectivity index (χ1v) is 12.1. The number of nitrogens with zero attached hydrogens (tertiary/aromatic N) is 1. The lowest BCUT2D eigenvalue weighted by molar-refractivity contribution is -0.0427. The van der Waals surface area contributed by atoms with Crippen molar-refractivity contribution >= 4 is 11.4 Å². The Balaban J connectivity index is 1.24. The van der Waals surface area contributed by atoms with Gasteiger partial charge < -0.3 is 11.1 Å². The van der Waals surface area contributed by atoms with E-state index in [2.05, 4.69) is 22.3 Å². The number of anilines is 2. The van der Waals surface area contributed by atoms with Crippen LogP contribution in [0.5, 0.6) is 0 Å². The molecule has 0 radical (unpaired) electrons. The van der Waals surface area contributed by atoms with Crippen LogP contribution in [0.3, 0.4) is 0 Å². The quantitative estimate of drug-likeness (QED) is 0.660. The predicted octanol–water partition coefficient (Wildman–Crippen LogP) is 5.67. The van der Waals surface area contributed by atoms with Crippen LogP contribution in [-0.2, 0) is 0 Å². The Morgan fingerprint density at radius 1 is 0.786 bits per heavy atom. The summed E-state index contributed by atoms with van der Waals surface area (Å²) in [7, 11) is 0. The molecule has 3 heteroatoms. The van der Waals surface area contributed by atoms with Gasteiger partial charge in [-0.3, -0.25) is 4.90 Å². The van der Waals surface area contributed by atoms with Crippen molar-refractivity contribution in [2.75, 3.05) is 17.6 Å². The van der Waals surface area contributed by atoms with Gasteiger partial charge in [0.2, 0.25) is 0 Å². The number of nitrogens with one attached hydrogen (secondary N) is 1. The van der Waals surface area contributed by atoms with E-state index in [1.165, 1.54) is 70.6 Å². The second-order valence-electron chi connectivity index (χ2n) is 10.4. The van der Waals surface area contributed by atoms with Crippen LogP contribution in [-0.4, -0.2) is 29.6 Å². The first kappa shape index (κ1) is 18.8. The van der Waals surface area contributed by atoms with Crippen LogP contribution in [0.15, 0.2) is 24.3 Å². The highest BCUT2D eigenvalue weighted by atomic mass is 15.2. The summed E-state index contributed by atoms with van der Waals surface area (Å²) in [5.41, 5.74) is 8.13. The third-order valence-electron chi connectivity index (χ3n) is 8.44. The number of nitrogens with two attached hydrogens (primary N) is 1. The number of piperidine rings is 2. The van der Waals surface area contributed by atoms with Crippen molar-refractivity contribution in [1.29, 1.82) is 0 Å². The second kappa shape index (κ2) is 8.26. The predicted molar refractivity (Wildman–Crippen MR) is 118 cm³/mol. The first-order chi connectivity index (χ1) is 13.8. The van der Waals surface area contributed by atoms with E-state index in [9.17, 15) is 0 Å². The van der Waals surface area contributed by atoms with Crippen LogP contribution in [0.25, 0.3) is 0 Å². The van der Waals surface area contributed by atoms with Crippen molar-refractivity contribution in [3.63, 3.8) is 0 Å². The molecular weight excluding hydrogens is 342 g/mol. The fourth-order valence-electron chi connectivity index (χ4n) is 7.32. The lowest BCUT2D eigenvalue weighted by Gasteiger charge is -2.54. The maximum atomic E-state index is 6.13. The van der Waals surface area contributed by atoms with Crippen molar-refractivity contribution in [1.82, 2.24) is 4.90 Å². The fraction of sp³-hybridized carbons (Fsp3) is 0.760. The van der Waals surface area contributed by atoms with Crippen LogP contribution >= 0.6 is 0 Å². The van der Waals surface area contributed by atoms with E-state index in [-0.39, 0.29) is 0 Å². The van der Waals surface area contributed by atoms with Gasteiger partial charge in [-0.05, 0) is 74.8 Å². The largest absolute Gasteiger partial charge is 0.397 e. The van der Waals surface area contributed by atoms with Crippen molar-refractivity contribution in [3.8, 4) is 0 Å². The molecule has 4 aliphatic rings. The molecule has 1 aromatic carbocycles. The molecule has 2 aliphatic heterocycles. The molecule has 1 aromatic rings. The number of benzene rings is 1. The average Bonchev–Trinajstić information content (AvgIpc) is 2.86. The minimum atomic E-state index is 0.803. The maximum Gasteiger partial charge on any atom is 0.0573 e. The molecule has 6 atom stereocenters. The summed E-state index contributed by atoms with van der Waals surface area (Å²) >= 11 is 0. The van der Waals surface area contributed by atoms with Crippen LogP contribution in [0.2, 0.25) is 0 Å². The summed E-state index contributed by atoms with van der Waals surface area (Å²) in [4.78, 5) is 3.07. The van der Waals surface area contributed by atoms with Gasteiger partial charge in [0.15, 0.2) is 0 Å². The topological polar surface area (TPSA) is 41.3 Å². The molecule has 3 nitrogen and oxygen atoms in total. The van der Waals surface area contributed by atoms with Crippen molar-refractivity contribution in [2.24, 2.45) is 17.8 Å². The first-order valence-electron chi connectivity index (χ1n) is 12.1. The van der Waals surface area contributed by atoms with E-state index in [1.54, 1.807) is 6.42 Å². The Hall–Kier alpha value is -1.22. The van der Waals surface area contributed by atoms with Gasteiger partial charge in [-0.1, -0.05) is 44.2 Å². The zero-order valence-corrected chi connectivity index (χ0v) is 17.5. The minimum Gasteiger partial charge on any atom is -0.397 e. The smallest absolute Gasteiger partial charge is 0.0573 e. The van der Waals surface area contributed by atoms with Gasteiger partial charge in [0, 0.05) is 24.7 Å². The van der Waals surface area contributed by atoms with Gasteiger partial charge in [0.25, 0.3) is 0 Å². The van der Waals surface area contributed by atoms with E-state index in [0.717, 1.165) is 53.8 Å². The Bertz CT molecular complexity index is 631. The van der Waals surface area contributed by atoms with Gasteiger partial charge >= 0.3 is 0 Å². The molecule has 0 spiro atoms. The summed E-state index contributed by atoms with van der Waals surface area (Å²) in [5, 5.41) is 3.66. The molecule has 2 saturated heterocycles. The van der Waals surface area contributed by atoms with Gasteiger partial charge in [-0.15, -0.1) is 0 Å². The Labute approximate surface area is 171 Å². The molecular formula is C25H39N3. The van der Waals surface area contributed by atoms with E-state index in [4.69, 9.17) is 5.73 Å². The highest BCUT2D eigenvalue weighted by Gasteiger charge is 2.44. The van der Waals surface area contributed by atoms with Crippen LogP contribution in [0, 0.1) is 17.8 Å². The van der Waals surface area contributed by atoms with Gasteiger partial charge in [-0.25, -0.2) is 0 Å². The molecule has 2 saturated carbocycles. The van der Waals surface area contributed by atoms with Crippen LogP contribution in [0.4, 0.5) is 11.4 Å². The van der Waals surface area contributed by atoms with Gasteiger partial charge in [0.1, 0.15) is 0 Å². The Kier molecular flexibility index (Phi) is 5.54. The molecule has 2 unspecified atom stereocenters. The van der Waals surface area contributed by atoms with E-state index in [0.29, 0.717) is 0 Å². The number of rotatable bonds is 4. The summed E-state index contributed by atoms with van der Waals surface area (Å²) in [6, 6.07) is 10.8. The average molecular weight is 382 g/mol. The molecule has 154 valence electrons. The SMILES string of the molecule is Nc1ccccc1NCC1C[C@H]2CCC[C@@H](C1)N2C1C[C@H]2CCCC[C@@H](C1)C2. The van der Waals surface area contributed by atoms with Gasteiger partial charge in [-0.2, -0.15) is 0 Å². The van der Waals surface area contributed by atoms with Crippen molar-refractivity contribution < 1.29 is 0 Å². The molecule has 2 aliphatic carbocycles. The van der Waals surface area contributed by atoms with Crippen molar-refractivity contribution in [3.05, 3.63) is 24.3 Å². The highest BCUT2D eigenvalue weighted by molar-refractivity contribution is 5.65. The van der Waals surface area contributed by atoms with Crippen molar-refractivity contribution in [2.45, 2.75) is 95.2 Å². The van der Waals surface area contributed by atoms with E-state index < -0.39 is 0 Å². The summed E-state index contributed by atoms with van der Waals surface area (Å²) in [6.07, 6.45) is 17.7. The molecule has 0 aromatic heterocycles. The standard InChI is InChI=1S/C25H39N3/c26-24-10-3-4-11-25(24)27-17-20-15-21-8-5-9-22(16-20)28(21)23-13-18-6-1-2-7-19(12-18)14-23/h3-4,10-11,18-23,27H,1-2,5-9,12-17,26H2/t18-,19+,20?,21-,22+,23?. The minimum absolute atomic E-state index is 0.803. The zero-order valence-electron chi connectivity index (χ0n) is 17.5. The third-order valence-corrected chi connectivity index (χ3v) is 8.44. The highest BCUT2D eigenvalue weighted by Crippen LogP contribution is 2.46. The zero-order chi connectivity index (χ0) is 18.9. The number of para-hydroxylation sites is 2. The fourth-order valence-corrected chi connectivity index (χ4v) is 7.32. The maximum absolute atomic E-state index is 6.13. The lowest BCUT2D eigenvalue weighted by atomic mass is 9.72. The number of nitrogen functional groups attached to an aromatic ring is 1. The molecule has 2 heterocycles. The summed E-state index contributed by atoms with van der Waals surface area (Å²) < 4.78 is 0. The summed E-state index contributed by atoms with van der Waals surface area (Å²) in [6.45, 7) is 1.09. The van der Waals surface area contributed by atoms with Crippen LogP contribution in [0.1, 0.15) is 77.0 Å². The molecule has 28 heavy (non-hydrogen) atoms. The Morgan fingerprint density at radius 2 is 1.46 bits per heavy atom. The van der Waals surface area contributed by atoms with Crippen LogP contribution < -0.4 is 11.1 Å². The lowest BCUT2D eigenvalue weighted by Crippen LogP contribution is -2.58. The molecule has 0 amide bonds. The third kappa shape index (κ3) is 3.92. The molecule has 5 rings (SSSR count). The number of hydrogen-bond donors (Lipinski definition) is 2. The van der Waals surface area contributed by atoms with Gasteiger partial charge in [0.05, 0.1) is 11.4 Å². The second-order valence-corrected chi connectivity index (χ2v) is 10.4.